The van der Waals surface area contributed by atoms with Crippen LogP contribution in [0, 0.1) is 5.95 Å². The number of hydrogen-bond donors (Lipinski definition) is 2. The normalized spacial score (nSPS) is 22.1. The predicted octanol–water partition coefficient (Wildman–Crippen LogP) is 2.16. The van der Waals surface area contributed by atoms with Gasteiger partial charge >= 0.3 is 0 Å². The van der Waals surface area contributed by atoms with E-state index < -0.39 is 5.95 Å². The van der Waals surface area contributed by atoms with Crippen LogP contribution in [0.15, 0.2) is 36.5 Å². The van der Waals surface area contributed by atoms with Crippen LogP contribution in [0.5, 0.6) is 0 Å². The first-order valence-electron chi connectivity index (χ1n) is 6.42. The quantitative estimate of drug-likeness (QED) is 0.769. The average Bonchev–Trinajstić information content (AvgIpc) is 2.43. The van der Waals surface area contributed by atoms with Crippen molar-refractivity contribution in [1.82, 2.24) is 4.98 Å². The number of aryl methyl sites for hydroxylation is 1. The highest BCUT2D eigenvalue weighted by Gasteiger charge is 2.27. The van der Waals surface area contributed by atoms with Gasteiger partial charge in [-0.05, 0) is 41.7 Å². The van der Waals surface area contributed by atoms with Crippen LogP contribution in [0.4, 0.5) is 4.39 Å². The zero-order valence-electron chi connectivity index (χ0n) is 10.5. The predicted molar refractivity (Wildman–Crippen MR) is 72.9 cm³/mol. The van der Waals surface area contributed by atoms with Gasteiger partial charge in [0.15, 0.2) is 0 Å². The molecule has 0 bridgehead atoms. The topological polar surface area (TPSA) is 64.9 Å². The molecule has 3 rings (SSSR count). The summed E-state index contributed by atoms with van der Waals surface area (Å²) < 4.78 is 13.9. The van der Waals surface area contributed by atoms with E-state index in [1.807, 2.05) is 18.2 Å². The number of halogens is 1. The Morgan fingerprint density at radius 3 is 2.68 bits per heavy atom. The second kappa shape index (κ2) is 4.72. The number of rotatable bonds is 1. The molecule has 0 amide bonds. The zero-order valence-corrected chi connectivity index (χ0v) is 10.5. The third-order valence-electron chi connectivity index (χ3n) is 3.79. The van der Waals surface area contributed by atoms with E-state index in [9.17, 15) is 4.39 Å². The Morgan fingerprint density at radius 2 is 1.89 bits per heavy atom. The highest BCUT2D eigenvalue weighted by Crippen LogP contribution is 2.36. The minimum absolute atomic E-state index is 0.0756. The van der Waals surface area contributed by atoms with Gasteiger partial charge in [-0.1, -0.05) is 18.2 Å². The van der Waals surface area contributed by atoms with E-state index >= 15 is 0 Å². The van der Waals surface area contributed by atoms with Crippen LogP contribution in [0.1, 0.15) is 23.6 Å². The molecule has 0 aliphatic heterocycles. The summed E-state index contributed by atoms with van der Waals surface area (Å²) in [5, 5.41) is 0. The van der Waals surface area contributed by atoms with Gasteiger partial charge in [-0.2, -0.15) is 4.39 Å². The van der Waals surface area contributed by atoms with Crippen molar-refractivity contribution in [3.63, 3.8) is 0 Å². The molecule has 0 saturated heterocycles. The Labute approximate surface area is 111 Å². The maximum absolute atomic E-state index is 13.9. The minimum Gasteiger partial charge on any atom is -0.326 e. The van der Waals surface area contributed by atoms with Crippen molar-refractivity contribution >= 4 is 0 Å². The van der Waals surface area contributed by atoms with Gasteiger partial charge in [0.1, 0.15) is 0 Å². The number of nitrogens with two attached hydrogens (primary N) is 2. The SMILES string of the molecule is NC1c2c(cccc2-c2cccnc2F)CC[C@H]1N. The Kier molecular flexibility index (Phi) is 3.05. The van der Waals surface area contributed by atoms with E-state index in [0.717, 1.165) is 29.5 Å². The molecule has 0 saturated carbocycles. The summed E-state index contributed by atoms with van der Waals surface area (Å²) in [6.45, 7) is 0. The van der Waals surface area contributed by atoms with E-state index in [4.69, 9.17) is 11.5 Å². The van der Waals surface area contributed by atoms with Gasteiger partial charge in [0.05, 0.1) is 0 Å². The summed E-state index contributed by atoms with van der Waals surface area (Å²) in [7, 11) is 0. The number of benzene rings is 1. The van der Waals surface area contributed by atoms with Crippen LogP contribution in [0.2, 0.25) is 0 Å². The first kappa shape index (κ1) is 12.3. The molecule has 4 N–H and O–H groups in total. The van der Waals surface area contributed by atoms with Crippen LogP contribution in [-0.2, 0) is 6.42 Å². The zero-order chi connectivity index (χ0) is 13.4. The molecule has 1 aliphatic carbocycles. The molecule has 98 valence electrons. The van der Waals surface area contributed by atoms with Crippen molar-refractivity contribution in [1.29, 1.82) is 0 Å². The Morgan fingerprint density at radius 1 is 1.11 bits per heavy atom. The third kappa shape index (κ3) is 2.03. The lowest BCUT2D eigenvalue weighted by Gasteiger charge is -2.30. The van der Waals surface area contributed by atoms with E-state index in [2.05, 4.69) is 4.98 Å². The maximum atomic E-state index is 13.9. The van der Waals surface area contributed by atoms with Crippen LogP contribution in [0.3, 0.4) is 0 Å². The van der Waals surface area contributed by atoms with Crippen molar-refractivity contribution in [2.45, 2.75) is 24.9 Å². The molecule has 1 aromatic carbocycles. The fraction of sp³-hybridized carbons (Fsp3) is 0.267. The molecule has 0 spiro atoms. The minimum atomic E-state index is -0.470. The van der Waals surface area contributed by atoms with Crippen LogP contribution < -0.4 is 11.5 Å². The van der Waals surface area contributed by atoms with Gasteiger partial charge in [0, 0.05) is 23.8 Å². The molecule has 19 heavy (non-hydrogen) atoms. The van der Waals surface area contributed by atoms with Gasteiger partial charge < -0.3 is 11.5 Å². The monoisotopic (exact) mass is 257 g/mol. The number of aromatic nitrogens is 1. The fourth-order valence-electron chi connectivity index (χ4n) is 2.76. The molecule has 1 heterocycles. The lowest BCUT2D eigenvalue weighted by molar-refractivity contribution is 0.482. The molecular weight excluding hydrogens is 241 g/mol. The van der Waals surface area contributed by atoms with E-state index in [-0.39, 0.29) is 12.1 Å². The van der Waals surface area contributed by atoms with Gasteiger partial charge in [-0.15, -0.1) is 0 Å². The molecular formula is C15H16FN3. The van der Waals surface area contributed by atoms with Crippen molar-refractivity contribution < 1.29 is 4.39 Å². The van der Waals surface area contributed by atoms with E-state index in [1.54, 1.807) is 12.1 Å². The summed E-state index contributed by atoms with van der Waals surface area (Å²) in [5.74, 6) is -0.470. The van der Waals surface area contributed by atoms with Crippen LogP contribution in [-0.4, -0.2) is 11.0 Å². The lowest BCUT2D eigenvalue weighted by Crippen LogP contribution is -2.38. The van der Waals surface area contributed by atoms with Crippen LogP contribution in [0.25, 0.3) is 11.1 Å². The van der Waals surface area contributed by atoms with Gasteiger partial charge in [0.2, 0.25) is 5.95 Å². The first-order chi connectivity index (χ1) is 9.18. The standard InChI is InChI=1S/C15H16FN3/c16-15-11(5-2-8-19-15)10-4-1-3-9-6-7-12(17)14(18)13(9)10/h1-5,8,12,14H,6-7,17-18H2/t12-,14?/m1/s1. The fourth-order valence-corrected chi connectivity index (χ4v) is 2.76. The third-order valence-corrected chi connectivity index (χ3v) is 3.79. The largest absolute Gasteiger partial charge is 0.326 e. The summed E-state index contributed by atoms with van der Waals surface area (Å²) in [6, 6.07) is 8.99. The summed E-state index contributed by atoms with van der Waals surface area (Å²) in [4.78, 5) is 3.71. The van der Waals surface area contributed by atoms with Gasteiger partial charge in [-0.3, -0.25) is 0 Å². The van der Waals surface area contributed by atoms with Crippen molar-refractivity contribution in [2.75, 3.05) is 0 Å². The smallest absolute Gasteiger partial charge is 0.220 e. The molecule has 1 unspecified atom stereocenters. The van der Waals surface area contributed by atoms with Gasteiger partial charge in [0.25, 0.3) is 0 Å². The second-order valence-corrected chi connectivity index (χ2v) is 4.95. The Bertz CT molecular complexity index is 612. The molecule has 4 heteroatoms. The highest BCUT2D eigenvalue weighted by atomic mass is 19.1. The van der Waals surface area contributed by atoms with Crippen LogP contribution >= 0.6 is 0 Å². The highest BCUT2D eigenvalue weighted by molar-refractivity contribution is 5.70. The summed E-state index contributed by atoms with van der Waals surface area (Å²) in [6.07, 6.45) is 3.20. The van der Waals surface area contributed by atoms with Crippen molar-refractivity contribution in [2.24, 2.45) is 11.5 Å². The van der Waals surface area contributed by atoms with E-state index in [1.165, 1.54) is 6.20 Å². The number of fused-ring (bicyclic) bond motifs is 1. The second-order valence-electron chi connectivity index (χ2n) is 4.95. The molecule has 2 aromatic rings. The lowest BCUT2D eigenvalue weighted by atomic mass is 9.81. The number of nitrogens with zero attached hydrogens (tertiary/aromatic N) is 1. The molecule has 1 aromatic heterocycles. The molecule has 0 fully saturated rings. The van der Waals surface area contributed by atoms with Gasteiger partial charge in [-0.25, -0.2) is 4.98 Å². The maximum Gasteiger partial charge on any atom is 0.220 e. The summed E-state index contributed by atoms with van der Waals surface area (Å²) >= 11 is 0. The number of hydrogen-bond acceptors (Lipinski definition) is 3. The molecule has 2 atom stereocenters. The molecule has 0 radical (unpaired) electrons. The Hall–Kier alpha value is -1.78. The summed E-state index contributed by atoms with van der Waals surface area (Å²) in [5.41, 5.74) is 15.7. The molecule has 1 aliphatic rings. The van der Waals surface area contributed by atoms with Crippen molar-refractivity contribution in [3.05, 3.63) is 53.6 Å². The van der Waals surface area contributed by atoms with E-state index in [0.29, 0.717) is 5.56 Å². The number of pyridine rings is 1. The first-order valence-corrected chi connectivity index (χ1v) is 6.42. The average molecular weight is 257 g/mol. The Balaban J connectivity index is 2.21. The molecule has 3 nitrogen and oxygen atoms in total. The van der Waals surface area contributed by atoms with Crippen molar-refractivity contribution in [3.8, 4) is 11.1 Å².